The minimum atomic E-state index is -4.43. The van der Waals surface area contributed by atoms with Crippen LogP contribution in [0.2, 0.25) is 5.02 Å². The van der Waals surface area contributed by atoms with E-state index in [9.17, 15) is 13.2 Å². The predicted molar refractivity (Wildman–Crippen MR) is 108 cm³/mol. The Hall–Kier alpha value is -1.62. The summed E-state index contributed by atoms with van der Waals surface area (Å²) in [4.78, 5) is 8.20. The van der Waals surface area contributed by atoms with Crippen molar-refractivity contribution in [3.8, 4) is 0 Å². The number of nitrogens with zero attached hydrogens (tertiary/aromatic N) is 2. The molecule has 2 aromatic heterocycles. The van der Waals surface area contributed by atoms with E-state index in [1.165, 1.54) is 13.1 Å². The van der Waals surface area contributed by atoms with E-state index in [-0.39, 0.29) is 16.4 Å². The summed E-state index contributed by atoms with van der Waals surface area (Å²) >= 11 is 6.69. The molecule has 0 unspecified atom stereocenters. The summed E-state index contributed by atoms with van der Waals surface area (Å²) in [6, 6.07) is 1.59. The van der Waals surface area contributed by atoms with Crippen LogP contribution in [0.4, 0.5) is 13.2 Å². The lowest BCUT2D eigenvalue weighted by Crippen LogP contribution is -2.21. The second kappa shape index (κ2) is 7.66. The van der Waals surface area contributed by atoms with Gasteiger partial charge in [0.1, 0.15) is 5.69 Å². The Kier molecular flexibility index (Phi) is 6.20. The van der Waals surface area contributed by atoms with Crippen LogP contribution in [0.3, 0.4) is 0 Å². The molecule has 6 heteroatoms. The van der Waals surface area contributed by atoms with Crippen LogP contribution in [0.5, 0.6) is 0 Å². The van der Waals surface area contributed by atoms with E-state index in [0.29, 0.717) is 6.42 Å². The topological polar surface area (TPSA) is 25.8 Å². The molecule has 0 saturated carbocycles. The van der Waals surface area contributed by atoms with Crippen LogP contribution in [-0.4, -0.2) is 9.97 Å². The van der Waals surface area contributed by atoms with Crippen molar-refractivity contribution in [1.29, 1.82) is 0 Å². The first-order valence-electron chi connectivity index (χ1n) is 9.33. The summed E-state index contributed by atoms with van der Waals surface area (Å²) < 4.78 is 39.0. The minimum absolute atomic E-state index is 0.115. The van der Waals surface area contributed by atoms with E-state index in [1.54, 1.807) is 6.07 Å². The third-order valence-electron chi connectivity index (χ3n) is 5.26. The van der Waals surface area contributed by atoms with Crippen molar-refractivity contribution < 1.29 is 13.2 Å². The van der Waals surface area contributed by atoms with Crippen LogP contribution in [-0.2, 0) is 23.4 Å². The maximum absolute atomic E-state index is 13.0. The highest BCUT2D eigenvalue weighted by Gasteiger charge is 2.35. The average Bonchev–Trinajstić information content (AvgIpc) is 2.51. The summed E-state index contributed by atoms with van der Waals surface area (Å²) in [6.07, 6.45) is 0.143. The molecule has 28 heavy (non-hydrogen) atoms. The molecule has 0 bridgehead atoms. The second-order valence-corrected chi connectivity index (χ2v) is 9.45. The van der Waals surface area contributed by atoms with Crippen LogP contribution in [0.1, 0.15) is 74.7 Å². The SMILES string of the molecule is Cc1cc(C(C)(C)CCc2c(C)ncc(C(C)(C)C)c2Cl)cnc1C(F)(F)F. The van der Waals surface area contributed by atoms with Crippen molar-refractivity contribution in [2.45, 2.75) is 78.3 Å². The Bertz CT molecular complexity index is 865. The number of pyridine rings is 2. The number of aryl methyl sites for hydroxylation is 2. The zero-order valence-electron chi connectivity index (χ0n) is 17.6. The highest BCUT2D eigenvalue weighted by molar-refractivity contribution is 6.32. The van der Waals surface area contributed by atoms with Gasteiger partial charge in [-0.2, -0.15) is 13.2 Å². The number of hydrogen-bond donors (Lipinski definition) is 0. The second-order valence-electron chi connectivity index (χ2n) is 9.07. The third-order valence-corrected chi connectivity index (χ3v) is 5.69. The van der Waals surface area contributed by atoms with Gasteiger partial charge in [0.15, 0.2) is 0 Å². The zero-order valence-corrected chi connectivity index (χ0v) is 18.3. The summed E-state index contributed by atoms with van der Waals surface area (Å²) in [5.41, 5.74) is 2.52. The fourth-order valence-corrected chi connectivity index (χ4v) is 3.82. The van der Waals surface area contributed by atoms with Crippen LogP contribution < -0.4 is 0 Å². The van der Waals surface area contributed by atoms with Crippen LogP contribution >= 0.6 is 11.6 Å². The monoisotopic (exact) mass is 412 g/mol. The van der Waals surface area contributed by atoms with Gasteiger partial charge in [-0.15, -0.1) is 0 Å². The Balaban J connectivity index is 2.31. The van der Waals surface area contributed by atoms with Crippen LogP contribution in [0, 0.1) is 13.8 Å². The van der Waals surface area contributed by atoms with E-state index < -0.39 is 11.9 Å². The summed E-state index contributed by atoms with van der Waals surface area (Å²) in [7, 11) is 0. The molecule has 0 saturated heterocycles. The van der Waals surface area contributed by atoms with E-state index in [2.05, 4.69) is 30.7 Å². The quantitative estimate of drug-likeness (QED) is 0.541. The van der Waals surface area contributed by atoms with Gasteiger partial charge in [0.25, 0.3) is 0 Å². The molecule has 0 radical (unpaired) electrons. The van der Waals surface area contributed by atoms with Crippen molar-refractivity contribution in [1.82, 2.24) is 9.97 Å². The molecule has 0 amide bonds. The van der Waals surface area contributed by atoms with Gasteiger partial charge in [-0.1, -0.05) is 52.3 Å². The molecule has 154 valence electrons. The number of aromatic nitrogens is 2. The van der Waals surface area contributed by atoms with Crippen molar-refractivity contribution in [2.24, 2.45) is 0 Å². The molecule has 2 nitrogen and oxygen atoms in total. The molecule has 0 aliphatic carbocycles. The fourth-order valence-electron chi connectivity index (χ4n) is 3.25. The van der Waals surface area contributed by atoms with Gasteiger partial charge in [0, 0.05) is 18.1 Å². The third kappa shape index (κ3) is 4.86. The van der Waals surface area contributed by atoms with E-state index in [1.807, 2.05) is 27.0 Å². The average molecular weight is 413 g/mol. The molecular weight excluding hydrogens is 385 g/mol. The summed E-state index contributed by atoms with van der Waals surface area (Å²) in [5.74, 6) is 0. The highest BCUT2D eigenvalue weighted by atomic mass is 35.5. The van der Waals surface area contributed by atoms with Gasteiger partial charge in [0.2, 0.25) is 0 Å². The molecule has 0 atom stereocenters. The zero-order chi connectivity index (χ0) is 21.5. The van der Waals surface area contributed by atoms with E-state index in [4.69, 9.17) is 11.6 Å². The molecule has 2 aromatic rings. The van der Waals surface area contributed by atoms with Crippen LogP contribution in [0.25, 0.3) is 0 Å². The molecule has 2 rings (SSSR count). The highest BCUT2D eigenvalue weighted by Crippen LogP contribution is 2.37. The Morgan fingerprint density at radius 2 is 1.57 bits per heavy atom. The van der Waals surface area contributed by atoms with Crippen molar-refractivity contribution in [2.75, 3.05) is 0 Å². The van der Waals surface area contributed by atoms with E-state index >= 15 is 0 Å². The van der Waals surface area contributed by atoms with Crippen LogP contribution in [0.15, 0.2) is 18.5 Å². The van der Waals surface area contributed by atoms with Gasteiger partial charge < -0.3 is 0 Å². The molecule has 0 aliphatic heterocycles. The molecular formula is C22H28ClF3N2. The van der Waals surface area contributed by atoms with Gasteiger partial charge in [-0.3, -0.25) is 9.97 Å². The van der Waals surface area contributed by atoms with E-state index in [0.717, 1.165) is 33.8 Å². The largest absolute Gasteiger partial charge is 0.433 e. The van der Waals surface area contributed by atoms with Gasteiger partial charge in [-0.05, 0) is 59.8 Å². The van der Waals surface area contributed by atoms with Crippen molar-refractivity contribution in [3.63, 3.8) is 0 Å². The first kappa shape index (κ1) is 22.7. The lowest BCUT2D eigenvalue weighted by Gasteiger charge is -2.27. The van der Waals surface area contributed by atoms with Gasteiger partial charge >= 0.3 is 6.18 Å². The number of alkyl halides is 3. The fraction of sp³-hybridized carbons (Fsp3) is 0.545. The predicted octanol–water partition coefficient (Wildman–Crippen LogP) is 6.97. The normalized spacial score (nSPS) is 13.1. The van der Waals surface area contributed by atoms with Gasteiger partial charge in [0.05, 0.1) is 5.02 Å². The van der Waals surface area contributed by atoms with Crippen molar-refractivity contribution in [3.05, 3.63) is 57.1 Å². The number of halogens is 4. The number of rotatable bonds is 4. The Morgan fingerprint density at radius 1 is 0.964 bits per heavy atom. The first-order chi connectivity index (χ1) is 12.6. The maximum atomic E-state index is 13.0. The molecule has 0 aliphatic rings. The smallest absolute Gasteiger partial charge is 0.261 e. The molecule has 0 spiro atoms. The lowest BCUT2D eigenvalue weighted by molar-refractivity contribution is -0.141. The standard InChI is InChI=1S/C22H28ClF3N2/c1-13-10-15(11-28-19(13)22(24,25)26)21(6,7)9-8-16-14(2)27-12-17(18(16)23)20(3,4)5/h10-12H,8-9H2,1-7H3. The first-order valence-corrected chi connectivity index (χ1v) is 9.71. The Labute approximate surface area is 170 Å². The minimum Gasteiger partial charge on any atom is -0.261 e. The summed E-state index contributed by atoms with van der Waals surface area (Å²) in [6.45, 7) is 13.7. The molecule has 0 aromatic carbocycles. The number of hydrogen-bond acceptors (Lipinski definition) is 2. The Morgan fingerprint density at radius 3 is 2.07 bits per heavy atom. The van der Waals surface area contributed by atoms with Crippen molar-refractivity contribution >= 4 is 11.6 Å². The van der Waals surface area contributed by atoms with Gasteiger partial charge in [-0.25, -0.2) is 0 Å². The molecule has 2 heterocycles. The maximum Gasteiger partial charge on any atom is 0.433 e. The lowest BCUT2D eigenvalue weighted by atomic mass is 9.79. The molecule has 0 fully saturated rings. The molecule has 0 N–H and O–H groups in total. The summed E-state index contributed by atoms with van der Waals surface area (Å²) in [5, 5.41) is 0.734.